The van der Waals surface area contributed by atoms with Gasteiger partial charge in [0.05, 0.1) is 0 Å². The molecule has 0 amide bonds. The summed E-state index contributed by atoms with van der Waals surface area (Å²) in [6.07, 6.45) is 0. The van der Waals surface area contributed by atoms with E-state index in [9.17, 15) is 0 Å². The minimum Gasteiger partial charge on any atom is -0.412 e. The average molecular weight is 528 g/mol. The Morgan fingerprint density at radius 3 is 0.710 bits per heavy atom. The normalized spacial score (nSPS) is 6.71. The lowest BCUT2D eigenvalue weighted by molar-refractivity contribution is -0.0987. The number of hydrogen-bond donors (Lipinski definition) is 1. The summed E-state index contributed by atoms with van der Waals surface area (Å²) in [7, 11) is 1.39. The molecule has 0 aliphatic rings. The van der Waals surface area contributed by atoms with Crippen LogP contribution in [0.1, 0.15) is 72.3 Å². The Kier molecular flexibility index (Phi) is 271. The highest BCUT2D eigenvalue weighted by Crippen LogP contribution is 2.23. The predicted octanol–water partition coefficient (Wildman–Crippen LogP) is 6.78. The first-order valence-electron chi connectivity index (χ1n) is 6.38. The molecule has 5 N–H and O–H groups in total. The molecule has 0 fully saturated rings. The van der Waals surface area contributed by atoms with Gasteiger partial charge in [-0.3, -0.25) is 0 Å². The van der Waals surface area contributed by atoms with E-state index in [-0.39, 0.29) is 71.8 Å². The largest absolute Gasteiger partial charge is 0.502 e. The van der Waals surface area contributed by atoms with Gasteiger partial charge in [0.2, 0.25) is 0 Å². The number of carbonyl (C=O) groups is 2. The number of carbonyl (C=O) groups excluding carboxylic acids is 2. The van der Waals surface area contributed by atoms with Gasteiger partial charge in [0.15, 0.2) is 6.66 Å². The quantitative estimate of drug-likeness (QED) is 0.390. The van der Waals surface area contributed by atoms with E-state index >= 15 is 0 Å². The van der Waals surface area contributed by atoms with Gasteiger partial charge >= 0.3 is 8.03 Å². The summed E-state index contributed by atoms with van der Waals surface area (Å²) >= 11 is 0. The van der Waals surface area contributed by atoms with Crippen LogP contribution in [0.2, 0.25) is 0 Å². The summed E-state index contributed by atoms with van der Waals surface area (Å²) in [4.78, 5) is 23.6. The van der Waals surface area contributed by atoms with Gasteiger partial charge in [0.1, 0.15) is 13.6 Å². The molecule has 0 aromatic carbocycles. The molecule has 0 rings (SSSR count). The van der Waals surface area contributed by atoms with Crippen molar-refractivity contribution in [2.24, 2.45) is 5.41 Å². The number of hydrogen-bond acceptors (Lipinski definition) is 5. The second-order valence-electron chi connectivity index (χ2n) is 5.45. The van der Waals surface area contributed by atoms with E-state index < -0.39 is 8.03 Å². The highest BCUT2D eigenvalue weighted by Gasteiger charge is 1.95. The van der Waals surface area contributed by atoms with Gasteiger partial charge in [-0.1, -0.05) is 72.3 Å². The Labute approximate surface area is 202 Å². The summed E-state index contributed by atoms with van der Waals surface area (Å²) in [6.45, 7) is 22.2. The molecule has 0 aromatic rings. The van der Waals surface area contributed by atoms with Gasteiger partial charge in [0.25, 0.3) is 0 Å². The first-order chi connectivity index (χ1) is 10.3. The first kappa shape index (κ1) is 96.4. The molecule has 0 aromatic heterocycles. The Balaban J connectivity index is -0.00000000909. The summed E-state index contributed by atoms with van der Waals surface area (Å²) in [6, 6.07) is 0. The smallest absolute Gasteiger partial charge is 0.412 e. The van der Waals surface area contributed by atoms with Gasteiger partial charge in [-0.15, -0.1) is 0 Å². The van der Waals surface area contributed by atoms with Crippen molar-refractivity contribution in [2.75, 3.05) is 47.5 Å². The van der Waals surface area contributed by atoms with Crippen LogP contribution in [-0.4, -0.2) is 77.0 Å². The molecule has 0 heterocycles. The van der Waals surface area contributed by atoms with Crippen molar-refractivity contribution >= 4 is 37.9 Å². The number of rotatable bonds is 2. The molecule has 0 spiro atoms. The molecule has 0 radical (unpaired) electrons. The summed E-state index contributed by atoms with van der Waals surface area (Å²) in [5.74, 6) is 0. The van der Waals surface area contributed by atoms with E-state index in [0.29, 0.717) is 5.41 Å². The van der Waals surface area contributed by atoms with Crippen LogP contribution < -0.4 is 0 Å². The Morgan fingerprint density at radius 2 is 0.710 bits per heavy atom. The van der Waals surface area contributed by atoms with Gasteiger partial charge < -0.3 is 29.6 Å². The first-order valence-corrected chi connectivity index (χ1v) is 12.3. The standard InChI is InChI=1S/C5H12.2C3H9OP.CH3O2P.2CH2O.6CH4.2H2O/c1-5(2,3)4;2*1-4-5(2)3;1-4(2)3;2*1-2;;;;;;;;/h1-4H3;2*1-3H3;1H3;2*1H2;6*1H4;2*1H2/p+1. The van der Waals surface area contributed by atoms with Crippen LogP contribution in [0.3, 0.4) is 0 Å². The van der Waals surface area contributed by atoms with Crippen LogP contribution in [0.25, 0.3) is 0 Å². The van der Waals surface area contributed by atoms with Crippen molar-refractivity contribution in [3.63, 3.8) is 0 Å². The zero-order chi connectivity index (χ0) is 20.6. The van der Waals surface area contributed by atoms with Gasteiger partial charge in [-0.05, 0) is 36.6 Å². The third-order valence-electron chi connectivity index (χ3n) is 0.730. The Hall–Kier alpha value is 0.1000. The lowest BCUT2D eigenvalue weighted by Gasteiger charge is -2.05. The summed E-state index contributed by atoms with van der Waals surface area (Å²) < 4.78 is 18.8. The Morgan fingerprint density at radius 1 is 0.677 bits per heavy atom. The average Bonchev–Trinajstić information content (AvgIpc) is 2.41. The van der Waals surface area contributed by atoms with E-state index in [0.717, 1.165) is 0 Å². The van der Waals surface area contributed by atoms with Crippen LogP contribution in [0.4, 0.5) is 0 Å². The van der Waals surface area contributed by atoms with Gasteiger partial charge in [0, 0.05) is 30.5 Å². The predicted molar refractivity (Wildman–Crippen MR) is 154 cm³/mol. The fourth-order valence-corrected chi connectivity index (χ4v) is 0. The van der Waals surface area contributed by atoms with Crippen LogP contribution >= 0.6 is 24.3 Å². The Bertz CT molecular complexity index is 197. The van der Waals surface area contributed by atoms with E-state index in [2.05, 4.69) is 54.4 Å². The van der Waals surface area contributed by atoms with Crippen LogP contribution in [0.5, 0.6) is 0 Å². The van der Waals surface area contributed by atoms with E-state index in [1.54, 1.807) is 14.2 Å². The zero-order valence-electron chi connectivity index (χ0n) is 17.7. The minimum atomic E-state index is -1.87. The fraction of sp³-hybridized carbons (Fsp3) is 0.900. The molecule has 1 unspecified atom stereocenters. The molecule has 1 atom stereocenters. The second kappa shape index (κ2) is 87.2. The second-order valence-corrected chi connectivity index (χ2v) is 10.4. The molecule has 0 aliphatic heterocycles. The molecule has 8 nitrogen and oxygen atoms in total. The van der Waals surface area contributed by atoms with Crippen molar-refractivity contribution < 1.29 is 39.0 Å². The molecule has 31 heavy (non-hydrogen) atoms. The molecule has 0 bridgehead atoms. The van der Waals surface area contributed by atoms with Gasteiger partial charge in [-0.25, -0.2) is 0 Å². The van der Waals surface area contributed by atoms with Crippen molar-refractivity contribution in [2.45, 2.75) is 72.3 Å². The van der Waals surface area contributed by atoms with E-state index in [1.807, 2.05) is 13.6 Å². The maximum absolute atomic E-state index is 9.15. The third-order valence-corrected chi connectivity index (χ3v) is 2.19. The molecule has 0 saturated carbocycles. The summed E-state index contributed by atoms with van der Waals surface area (Å²) in [5, 5.41) is 0. The highest BCUT2D eigenvalue weighted by molar-refractivity contribution is 7.50. The third kappa shape index (κ3) is 1410. The van der Waals surface area contributed by atoms with E-state index in [1.165, 1.54) is 6.66 Å². The monoisotopic (exact) mass is 527 g/mol. The SMILES string of the molecule is C.C.C.C.C.C.C=O.C=O.CC(C)(C)C.COP(C)C.COP(C)C.C[P+](=O)O.O.O. The topological polar surface area (TPSA) is 153 Å². The van der Waals surface area contributed by atoms with Crippen LogP contribution in [-0.2, 0) is 23.2 Å². The van der Waals surface area contributed by atoms with E-state index in [4.69, 9.17) is 28.1 Å². The molecular formula is C20H66O8P3+. The van der Waals surface area contributed by atoms with Crippen molar-refractivity contribution in [3.05, 3.63) is 0 Å². The molecule has 0 aliphatic carbocycles. The lowest BCUT2D eigenvalue weighted by Crippen LogP contribution is -1.93. The highest BCUT2D eigenvalue weighted by atomic mass is 31.1. The zero-order valence-corrected chi connectivity index (χ0v) is 20.4. The van der Waals surface area contributed by atoms with Crippen molar-refractivity contribution in [1.82, 2.24) is 0 Å². The molecule has 11 heteroatoms. The summed E-state index contributed by atoms with van der Waals surface area (Å²) in [5.41, 5.74) is 0.500. The van der Waals surface area contributed by atoms with Crippen molar-refractivity contribution in [3.8, 4) is 0 Å². The lowest BCUT2D eigenvalue weighted by atomic mass is 10.0. The fourth-order valence-electron chi connectivity index (χ4n) is 0. The van der Waals surface area contributed by atoms with Crippen LogP contribution in [0.15, 0.2) is 0 Å². The minimum absolute atomic E-state index is 0. The molecule has 0 saturated heterocycles. The maximum atomic E-state index is 9.15. The molecular weight excluding hydrogens is 461 g/mol. The van der Waals surface area contributed by atoms with Crippen molar-refractivity contribution in [1.29, 1.82) is 0 Å². The molecule has 208 valence electrons. The van der Waals surface area contributed by atoms with Gasteiger partial charge in [-0.2, -0.15) is 4.89 Å². The van der Waals surface area contributed by atoms with Crippen LogP contribution in [0, 0.1) is 5.41 Å². The maximum Gasteiger partial charge on any atom is 0.502 e.